The van der Waals surface area contributed by atoms with Crippen molar-refractivity contribution in [3.63, 3.8) is 0 Å². The molecule has 0 saturated carbocycles. The van der Waals surface area contributed by atoms with E-state index < -0.39 is 0 Å². The average molecular weight is 334 g/mol. The van der Waals surface area contributed by atoms with Gasteiger partial charge in [-0.05, 0) is 37.2 Å². The molecular formula is C18H26N2O2S. The molecule has 0 radical (unpaired) electrons. The fourth-order valence-electron chi connectivity index (χ4n) is 2.98. The number of carbonyl (C=O) groups is 2. The number of piperidine rings is 1. The van der Waals surface area contributed by atoms with Crippen LogP contribution in [-0.2, 0) is 16.0 Å². The zero-order valence-electron chi connectivity index (χ0n) is 13.6. The van der Waals surface area contributed by atoms with Crippen LogP contribution in [0.2, 0.25) is 0 Å². The number of benzene rings is 1. The number of aryl methyl sites for hydroxylation is 1. The lowest BCUT2D eigenvalue weighted by atomic mass is 9.90. The third kappa shape index (κ3) is 6.65. The molecule has 0 aliphatic carbocycles. The number of nitrogens with zero attached hydrogens (tertiary/aromatic N) is 1. The first-order valence-corrected chi connectivity index (χ1v) is 9.48. The molecule has 1 heterocycles. The van der Waals surface area contributed by atoms with Gasteiger partial charge in [0, 0.05) is 25.3 Å². The van der Waals surface area contributed by atoms with Crippen molar-refractivity contribution in [2.45, 2.75) is 32.1 Å². The molecule has 2 N–H and O–H groups in total. The second-order valence-corrected chi connectivity index (χ2v) is 7.22. The van der Waals surface area contributed by atoms with Crippen molar-refractivity contribution in [1.29, 1.82) is 0 Å². The topological polar surface area (TPSA) is 63.4 Å². The molecule has 0 unspecified atom stereocenters. The Bertz CT molecular complexity index is 499. The average Bonchev–Trinajstić information content (AvgIpc) is 2.58. The summed E-state index contributed by atoms with van der Waals surface area (Å²) in [6.07, 6.45) is 5.05. The molecule has 1 fully saturated rings. The van der Waals surface area contributed by atoms with E-state index in [2.05, 4.69) is 30.3 Å². The summed E-state index contributed by atoms with van der Waals surface area (Å²) in [5.74, 6) is 1.60. The van der Waals surface area contributed by atoms with E-state index in [0.29, 0.717) is 17.9 Å². The van der Waals surface area contributed by atoms with E-state index in [1.165, 1.54) is 23.7 Å². The van der Waals surface area contributed by atoms with E-state index >= 15 is 0 Å². The van der Waals surface area contributed by atoms with E-state index in [-0.39, 0.29) is 11.8 Å². The van der Waals surface area contributed by atoms with Crippen LogP contribution in [0.4, 0.5) is 0 Å². The monoisotopic (exact) mass is 334 g/mol. The molecule has 2 amide bonds. The summed E-state index contributed by atoms with van der Waals surface area (Å²) in [7, 11) is 0. The van der Waals surface area contributed by atoms with Gasteiger partial charge in [0.05, 0.1) is 5.75 Å². The Morgan fingerprint density at radius 3 is 2.52 bits per heavy atom. The minimum absolute atomic E-state index is 0.212. The normalized spacial score (nSPS) is 15.6. The van der Waals surface area contributed by atoms with Crippen molar-refractivity contribution >= 4 is 23.6 Å². The van der Waals surface area contributed by atoms with Crippen LogP contribution < -0.4 is 5.73 Å². The van der Waals surface area contributed by atoms with Crippen molar-refractivity contribution in [3.05, 3.63) is 35.9 Å². The van der Waals surface area contributed by atoms with Crippen molar-refractivity contribution in [1.82, 2.24) is 4.90 Å². The molecule has 0 spiro atoms. The number of rotatable bonds is 8. The molecule has 1 aromatic carbocycles. The summed E-state index contributed by atoms with van der Waals surface area (Å²) in [5.41, 5.74) is 6.48. The van der Waals surface area contributed by atoms with Crippen molar-refractivity contribution in [2.24, 2.45) is 11.7 Å². The number of likely N-dealkylation sites (tertiary alicyclic amines) is 1. The summed E-state index contributed by atoms with van der Waals surface area (Å²) in [6.45, 7) is 1.75. The van der Waals surface area contributed by atoms with Crippen LogP contribution in [-0.4, -0.2) is 41.3 Å². The Hall–Kier alpha value is -1.49. The van der Waals surface area contributed by atoms with Crippen LogP contribution in [0.25, 0.3) is 0 Å². The number of hydrogen-bond acceptors (Lipinski definition) is 3. The van der Waals surface area contributed by atoms with Crippen molar-refractivity contribution < 1.29 is 9.59 Å². The second kappa shape index (κ2) is 9.60. The van der Waals surface area contributed by atoms with Gasteiger partial charge in [-0.15, -0.1) is 0 Å². The Kier molecular flexibility index (Phi) is 7.46. The number of carbonyl (C=O) groups excluding carboxylic acids is 2. The van der Waals surface area contributed by atoms with Crippen LogP contribution in [0.15, 0.2) is 30.3 Å². The molecule has 0 aromatic heterocycles. The van der Waals surface area contributed by atoms with Crippen LogP contribution >= 0.6 is 11.8 Å². The van der Waals surface area contributed by atoms with Gasteiger partial charge in [-0.25, -0.2) is 0 Å². The molecule has 4 nitrogen and oxygen atoms in total. The van der Waals surface area contributed by atoms with Gasteiger partial charge in [-0.2, -0.15) is 11.8 Å². The van der Waals surface area contributed by atoms with Crippen molar-refractivity contribution in [2.75, 3.05) is 24.6 Å². The zero-order chi connectivity index (χ0) is 16.5. The summed E-state index contributed by atoms with van der Waals surface area (Å²) < 4.78 is 0. The summed E-state index contributed by atoms with van der Waals surface area (Å²) >= 11 is 1.44. The Balaban J connectivity index is 1.61. The van der Waals surface area contributed by atoms with E-state index in [0.717, 1.165) is 38.3 Å². The molecule has 1 aliphatic rings. The van der Waals surface area contributed by atoms with Crippen LogP contribution in [0.1, 0.15) is 31.2 Å². The SMILES string of the molecule is NC(=O)CSCCC(=O)N1CCC(CCc2ccccc2)CC1. The van der Waals surface area contributed by atoms with Gasteiger partial charge < -0.3 is 10.6 Å². The lowest BCUT2D eigenvalue weighted by Gasteiger charge is -2.32. The largest absolute Gasteiger partial charge is 0.369 e. The molecule has 1 saturated heterocycles. The lowest BCUT2D eigenvalue weighted by molar-refractivity contribution is -0.132. The van der Waals surface area contributed by atoms with E-state index in [1.54, 1.807) is 0 Å². The molecule has 0 bridgehead atoms. The summed E-state index contributed by atoms with van der Waals surface area (Å²) in [4.78, 5) is 24.8. The molecule has 1 aliphatic heterocycles. The Morgan fingerprint density at radius 1 is 1.17 bits per heavy atom. The smallest absolute Gasteiger partial charge is 0.227 e. The first-order chi connectivity index (χ1) is 11.1. The summed E-state index contributed by atoms with van der Waals surface area (Å²) in [5, 5.41) is 0. The number of amides is 2. The van der Waals surface area contributed by atoms with Gasteiger partial charge in [0.2, 0.25) is 11.8 Å². The van der Waals surface area contributed by atoms with Gasteiger partial charge in [0.15, 0.2) is 0 Å². The predicted octanol–water partition coefficient (Wildman–Crippen LogP) is 2.47. The first kappa shape index (κ1) is 17.9. The highest BCUT2D eigenvalue weighted by atomic mass is 32.2. The molecule has 0 atom stereocenters. The third-order valence-electron chi connectivity index (χ3n) is 4.36. The lowest BCUT2D eigenvalue weighted by Crippen LogP contribution is -2.38. The van der Waals surface area contributed by atoms with Gasteiger partial charge in [0.25, 0.3) is 0 Å². The minimum atomic E-state index is -0.318. The van der Waals surface area contributed by atoms with Crippen molar-refractivity contribution in [3.8, 4) is 0 Å². The van der Waals surface area contributed by atoms with Gasteiger partial charge in [0.1, 0.15) is 0 Å². The third-order valence-corrected chi connectivity index (χ3v) is 5.34. The van der Waals surface area contributed by atoms with E-state index in [9.17, 15) is 9.59 Å². The molecule has 2 rings (SSSR count). The molecule has 23 heavy (non-hydrogen) atoms. The fourth-order valence-corrected chi connectivity index (χ4v) is 3.64. The molecular weight excluding hydrogens is 308 g/mol. The number of nitrogens with two attached hydrogens (primary N) is 1. The Morgan fingerprint density at radius 2 is 1.87 bits per heavy atom. The standard InChI is InChI=1S/C18H26N2O2S/c19-17(21)14-23-13-10-18(22)20-11-8-16(9-12-20)7-6-15-4-2-1-3-5-15/h1-5,16H,6-14H2,(H2,19,21). The fraction of sp³-hybridized carbons (Fsp3) is 0.556. The minimum Gasteiger partial charge on any atom is -0.369 e. The van der Waals surface area contributed by atoms with Gasteiger partial charge in [-0.3, -0.25) is 9.59 Å². The maximum Gasteiger partial charge on any atom is 0.227 e. The maximum atomic E-state index is 12.1. The quantitative estimate of drug-likeness (QED) is 0.743. The maximum absolute atomic E-state index is 12.1. The number of primary amides is 1. The molecule has 1 aromatic rings. The molecule has 126 valence electrons. The van der Waals surface area contributed by atoms with Gasteiger partial charge >= 0.3 is 0 Å². The molecule has 5 heteroatoms. The number of hydrogen-bond donors (Lipinski definition) is 1. The zero-order valence-corrected chi connectivity index (χ0v) is 14.4. The van der Waals surface area contributed by atoms with Gasteiger partial charge in [-0.1, -0.05) is 30.3 Å². The van der Waals surface area contributed by atoms with E-state index in [1.807, 2.05) is 4.90 Å². The highest BCUT2D eigenvalue weighted by Gasteiger charge is 2.22. The second-order valence-electron chi connectivity index (χ2n) is 6.12. The Labute approximate surface area is 142 Å². The number of thioether (sulfide) groups is 1. The highest BCUT2D eigenvalue weighted by Crippen LogP contribution is 2.23. The van der Waals surface area contributed by atoms with Crippen LogP contribution in [0.5, 0.6) is 0 Å². The first-order valence-electron chi connectivity index (χ1n) is 8.33. The predicted molar refractivity (Wildman–Crippen MR) is 95.2 cm³/mol. The van der Waals surface area contributed by atoms with Crippen LogP contribution in [0, 0.1) is 5.92 Å². The summed E-state index contributed by atoms with van der Waals surface area (Å²) in [6, 6.07) is 10.6. The highest BCUT2D eigenvalue weighted by molar-refractivity contribution is 7.99. The van der Waals surface area contributed by atoms with E-state index in [4.69, 9.17) is 5.73 Å². The van der Waals surface area contributed by atoms with Crippen LogP contribution in [0.3, 0.4) is 0 Å².